The highest BCUT2D eigenvalue weighted by molar-refractivity contribution is 6.34. The largest absolute Gasteiger partial charge is 0.489 e. The predicted octanol–water partition coefficient (Wildman–Crippen LogP) is 14.2. The molecule has 25 heteroatoms. The molecule has 2 aliphatic carbocycles. The third-order valence-corrected chi connectivity index (χ3v) is 25.4. The zero-order valence-corrected chi connectivity index (χ0v) is 67.4. The summed E-state index contributed by atoms with van der Waals surface area (Å²) in [5.74, 6) is -3.25. The Bertz CT molecular complexity index is 4840. The van der Waals surface area contributed by atoms with Crippen LogP contribution in [-0.2, 0) is 32.0 Å². The first kappa shape index (κ1) is 82.4. The van der Waals surface area contributed by atoms with Gasteiger partial charge < -0.3 is 19.7 Å². The number of ether oxygens (including phenoxy) is 2. The van der Waals surface area contributed by atoms with E-state index in [2.05, 4.69) is 148 Å². The van der Waals surface area contributed by atoms with Crippen LogP contribution in [0.15, 0.2) is 121 Å². The maximum absolute atomic E-state index is 13.6. The zero-order chi connectivity index (χ0) is 81.7. The van der Waals surface area contributed by atoms with Crippen molar-refractivity contribution >= 4 is 99.1 Å². The van der Waals surface area contributed by atoms with E-state index in [-0.39, 0.29) is 117 Å². The Morgan fingerprint density at radius 3 is 1.27 bits per heavy atom. The van der Waals surface area contributed by atoms with Gasteiger partial charge in [0, 0.05) is 128 Å². The highest BCUT2D eigenvalue weighted by Crippen LogP contribution is 2.63. The summed E-state index contributed by atoms with van der Waals surface area (Å²) in [7, 11) is 0. The summed E-state index contributed by atoms with van der Waals surface area (Å²) < 4.78 is 26.0. The van der Waals surface area contributed by atoms with Gasteiger partial charge in [0.25, 0.3) is 23.6 Å². The molecule has 0 spiro atoms. The van der Waals surface area contributed by atoms with E-state index in [1.165, 1.54) is 11.6 Å². The van der Waals surface area contributed by atoms with E-state index in [0.29, 0.717) is 63.4 Å². The monoisotopic (exact) mass is 1570 g/mol. The number of carbonyl (C=O) groups excluding carboxylic acids is 10. The van der Waals surface area contributed by atoms with Crippen molar-refractivity contribution in [3.05, 3.63) is 205 Å². The maximum Gasteiger partial charge on any atom is 0.262 e. The summed E-state index contributed by atoms with van der Waals surface area (Å²) in [5, 5.41) is 8.58. The molecule has 14 rings (SSSR count). The highest BCUT2D eigenvalue weighted by atomic mass is 35.5. The number of ketones is 2. The summed E-state index contributed by atoms with van der Waals surface area (Å²) in [6.45, 7) is 46.1. The van der Waals surface area contributed by atoms with Crippen LogP contribution < -0.4 is 30.3 Å². The molecule has 113 heavy (non-hydrogen) atoms. The van der Waals surface area contributed by atoms with Crippen LogP contribution in [0.5, 0.6) is 11.5 Å². The number of anilines is 1. The first-order valence-corrected chi connectivity index (χ1v) is 39.5. The normalized spacial score (nSPS) is 25.3. The Kier molecular flexibility index (Phi) is 24.0. The summed E-state index contributed by atoms with van der Waals surface area (Å²) in [6.07, 6.45) is 2.88. The van der Waals surface area contributed by atoms with Gasteiger partial charge in [-0.15, -0.1) is 0 Å². The fraction of sp³-hybridized carbons (Fsp3) is 0.455. The van der Waals surface area contributed by atoms with Gasteiger partial charge >= 0.3 is 0 Å². The zero-order valence-electron chi connectivity index (χ0n) is 65.9. The van der Waals surface area contributed by atoms with E-state index in [0.717, 1.165) is 90.9 Å². The van der Waals surface area contributed by atoms with Gasteiger partial charge in [0.1, 0.15) is 41.6 Å². The number of amides is 8. The van der Waals surface area contributed by atoms with Crippen LogP contribution >= 0.6 is 23.2 Å². The fourth-order valence-electron chi connectivity index (χ4n) is 19.2. The lowest BCUT2D eigenvalue weighted by molar-refractivity contribution is -0.196. The minimum absolute atomic E-state index is 0.0537. The van der Waals surface area contributed by atoms with Crippen molar-refractivity contribution in [1.29, 1.82) is 0 Å². The minimum Gasteiger partial charge on any atom is -0.489 e. The lowest BCUT2D eigenvalue weighted by atomic mass is 9.44. The first-order chi connectivity index (χ1) is 53.4. The number of hydrogen-bond donors (Lipinski definition) is 3. The molecule has 6 atom stereocenters. The number of nitrogens with zero attached hydrogens (tertiary/aromatic N) is 7. The van der Waals surface area contributed by atoms with E-state index in [9.17, 15) is 52.3 Å². The Hall–Kier alpha value is -10.0. The maximum atomic E-state index is 13.6. The molecular formula is C88H97Cl2FN10O12. The Morgan fingerprint density at radius 2 is 0.876 bits per heavy atom. The quantitative estimate of drug-likeness (QED) is 0.0387. The lowest BCUT2D eigenvalue weighted by Gasteiger charge is -2.63. The molecule has 8 amide bonds. The molecule has 8 aliphatic rings. The van der Waals surface area contributed by atoms with Crippen LogP contribution in [0, 0.1) is 52.5 Å². The summed E-state index contributed by atoms with van der Waals surface area (Å²) in [4.78, 5) is 141. The van der Waals surface area contributed by atoms with Gasteiger partial charge in [0.05, 0.1) is 45.4 Å². The second kappa shape index (κ2) is 32.8. The van der Waals surface area contributed by atoms with Crippen molar-refractivity contribution in [3.8, 4) is 11.5 Å². The minimum atomic E-state index is -1.02. The number of piperidine rings is 2. The van der Waals surface area contributed by atoms with Crippen LogP contribution in [0.1, 0.15) is 195 Å². The van der Waals surface area contributed by atoms with Crippen molar-refractivity contribution in [3.63, 3.8) is 0 Å². The summed E-state index contributed by atoms with van der Waals surface area (Å²) >= 11 is 12.5. The molecule has 6 heterocycles. The molecule has 6 aliphatic heterocycles. The average molecular weight is 1580 g/mol. The number of carbonyl (C=O) groups is 10. The fourth-order valence-corrected chi connectivity index (χ4v) is 19.6. The van der Waals surface area contributed by atoms with Crippen molar-refractivity contribution in [1.82, 2.24) is 35.6 Å². The van der Waals surface area contributed by atoms with Gasteiger partial charge in [-0.05, 0) is 137 Å². The lowest BCUT2D eigenvalue weighted by Crippen LogP contribution is -2.66. The molecule has 592 valence electrons. The second-order valence-corrected chi connectivity index (χ2v) is 34.5. The van der Waals surface area contributed by atoms with E-state index in [1.54, 1.807) is 48.5 Å². The molecule has 6 aromatic carbocycles. The SMILES string of the molecule is O=C1CCC(N2C(=O)c3ccc(F)cc3C2=O)C(=O)N1.[C-]#[N+]c1ccc(OC2C(C)(C)C(CC(=O)c3ccc(CCN4[C@H](C)CN(c5ccc6c(c5)C(=O)N(C5CCC(=O)NC5=O)C6=O)C[C@@H]4C)cc3)C2(C)C)cc1Cl.[C-]#[N+]c1ccc(OC2C(C)(C)C(CC(=O)c3ccc(CCN4[C@H](C)CNC[C@@H]4C)cc3)C2(C)C)cc1Cl. The van der Waals surface area contributed by atoms with Gasteiger partial charge in [-0.25, -0.2) is 14.1 Å². The number of imide groups is 4. The molecule has 0 bridgehead atoms. The molecule has 4 saturated heterocycles. The van der Waals surface area contributed by atoms with Crippen molar-refractivity contribution in [2.75, 3.05) is 44.2 Å². The number of hydrogen-bond acceptors (Lipinski definition) is 16. The molecule has 22 nitrogen and oxygen atoms in total. The summed E-state index contributed by atoms with van der Waals surface area (Å²) in [5.41, 5.74) is 5.29. The third-order valence-electron chi connectivity index (χ3n) is 24.8. The van der Waals surface area contributed by atoms with Crippen LogP contribution in [0.4, 0.5) is 21.5 Å². The second-order valence-electron chi connectivity index (χ2n) is 33.7. The number of piperazine rings is 2. The number of fused-ring (bicyclic) bond motifs is 2. The molecule has 3 N–H and O–H groups in total. The van der Waals surface area contributed by atoms with E-state index in [1.807, 2.05) is 30.3 Å². The van der Waals surface area contributed by atoms with E-state index >= 15 is 0 Å². The van der Waals surface area contributed by atoms with Crippen molar-refractivity contribution < 1.29 is 61.8 Å². The number of rotatable bonds is 19. The highest BCUT2D eigenvalue weighted by Gasteiger charge is 2.65. The van der Waals surface area contributed by atoms with Gasteiger partial charge in [-0.1, -0.05) is 139 Å². The average Bonchev–Trinajstić information content (AvgIpc) is 1.38. The predicted molar refractivity (Wildman–Crippen MR) is 427 cm³/mol. The van der Waals surface area contributed by atoms with Gasteiger partial charge in [-0.3, -0.25) is 78.2 Å². The molecule has 2 saturated carbocycles. The van der Waals surface area contributed by atoms with Crippen molar-refractivity contribution in [2.45, 2.75) is 183 Å². The topological polar surface area (TPSA) is 250 Å². The van der Waals surface area contributed by atoms with Crippen LogP contribution in [0.3, 0.4) is 0 Å². The number of nitrogens with one attached hydrogen (secondary N) is 3. The third kappa shape index (κ3) is 16.6. The summed E-state index contributed by atoms with van der Waals surface area (Å²) in [6, 6.07) is 34.6. The molecular weight excluding hydrogens is 1480 g/mol. The van der Waals surface area contributed by atoms with Gasteiger partial charge in [0.2, 0.25) is 35.0 Å². The molecule has 6 fully saturated rings. The van der Waals surface area contributed by atoms with E-state index in [4.69, 9.17) is 45.8 Å². The molecule has 0 radical (unpaired) electrons. The molecule has 0 aromatic heterocycles. The Morgan fingerprint density at radius 1 is 0.496 bits per heavy atom. The van der Waals surface area contributed by atoms with Crippen LogP contribution in [0.2, 0.25) is 10.0 Å². The number of Topliss-reactive ketones (excluding diaryl/α,β-unsaturated/α-hetero) is 2. The Balaban J connectivity index is 0.000000177. The molecule has 2 unspecified atom stereocenters. The Labute approximate surface area is 669 Å². The first-order valence-electron chi connectivity index (χ1n) is 38.7. The van der Waals surface area contributed by atoms with Crippen molar-refractivity contribution in [2.24, 2.45) is 33.5 Å². The van der Waals surface area contributed by atoms with Gasteiger partial charge in [-0.2, -0.15) is 0 Å². The molecule has 6 aromatic rings. The standard InChI is InChI=1S/C44H48ClN5O6.C31H40ClN3O2.C13H9FN2O4/c1-25-23-48(29-12-14-31-32(20-29)41(55)50(40(31)54)35-16-17-38(52)47-39(35)53)24-26(2)49(25)19-18-27-8-10-28(11-9-27)36(51)22-37-43(3,4)42(44(37,5)6)56-30-13-15-34(46-7)33(45)21-30;1-20-18-34-19-21(2)35(20)15-14-22-8-10-23(11-9-22)27(36)17-28-30(3,4)29(31(28,5)6)37-24-12-13-26(33-7)25(32)16-24;14-6-1-2-7-8(5-6)13(20)16(12(7)19)9-3-4-10(17)15-11(9)18/h8-15,20-21,25-26,35,37,42H,16-19,22-24H2,1-6H3,(H,47,52,53);8-13,16,20-21,28-29,34H,14-15,17-19H2,1-6H3;1-2,5,9H,3-4H2,(H,15,17,18)/t25-,26+,35?,37?,42?;20-,21+,28?,29?;. The smallest absolute Gasteiger partial charge is 0.262 e. The van der Waals surface area contributed by atoms with Crippen LogP contribution in [-0.4, -0.2) is 166 Å². The number of halogens is 3. The number of benzene rings is 6. The van der Waals surface area contributed by atoms with Crippen LogP contribution in [0.25, 0.3) is 9.69 Å². The van der Waals surface area contributed by atoms with E-state index < -0.39 is 65.2 Å². The van der Waals surface area contributed by atoms with Gasteiger partial charge in [0.15, 0.2) is 11.6 Å².